The normalized spacial score (nSPS) is 9.56. The zero-order chi connectivity index (χ0) is 6.69. The van der Waals surface area contributed by atoms with E-state index >= 15 is 0 Å². The minimum Gasteiger partial charge on any atom is -0.0840 e. The van der Waals surface area contributed by atoms with Gasteiger partial charge >= 0.3 is 0 Å². The summed E-state index contributed by atoms with van der Waals surface area (Å²) in [6.45, 7) is 0. The minimum absolute atomic E-state index is 0.773. The number of halogens is 2. The lowest BCUT2D eigenvalue weighted by Gasteiger charge is -1.94. The van der Waals surface area contributed by atoms with Crippen LogP contribution in [0.3, 0.4) is 0 Å². The Labute approximate surface area is 68.0 Å². The van der Waals surface area contributed by atoms with Gasteiger partial charge in [0.2, 0.25) is 0 Å². The maximum Gasteiger partial charge on any atom is 0.0576 e. The Balaban J connectivity index is 3.01. The number of hydrogen-bond acceptors (Lipinski definition) is 0. The molecule has 0 heterocycles. The highest BCUT2D eigenvalue weighted by molar-refractivity contribution is 9.10. The first kappa shape index (κ1) is 7.10. The highest BCUT2D eigenvalue weighted by atomic mass is 79.9. The molecule has 0 nitrogen and oxygen atoms in total. The van der Waals surface area contributed by atoms with Crippen LogP contribution >= 0.6 is 27.5 Å². The average molecular weight is 204 g/mol. The van der Waals surface area contributed by atoms with Gasteiger partial charge in [-0.05, 0) is 11.6 Å². The molecular formula is C7H5BrCl. The standard InChI is InChI=1S/C7H5BrCl/c8-5-6-3-1-2-4-7(6)9/h1-5H. The van der Waals surface area contributed by atoms with E-state index in [4.69, 9.17) is 11.6 Å². The van der Waals surface area contributed by atoms with Gasteiger partial charge in [0.25, 0.3) is 0 Å². The molecule has 1 radical (unpaired) electrons. The fraction of sp³-hybridized carbons (Fsp3) is 0. The zero-order valence-electron chi connectivity index (χ0n) is 4.64. The highest BCUT2D eigenvalue weighted by Crippen LogP contribution is 2.18. The molecule has 0 saturated carbocycles. The molecule has 1 aromatic rings. The van der Waals surface area contributed by atoms with Gasteiger partial charge in [-0.3, -0.25) is 0 Å². The summed E-state index contributed by atoms with van der Waals surface area (Å²) in [6, 6.07) is 7.65. The van der Waals surface area contributed by atoms with E-state index in [0.717, 1.165) is 10.6 Å². The lowest BCUT2D eigenvalue weighted by atomic mass is 10.2. The molecule has 0 unspecified atom stereocenters. The van der Waals surface area contributed by atoms with Crippen molar-refractivity contribution in [3.8, 4) is 0 Å². The Bertz CT molecular complexity index is 198. The van der Waals surface area contributed by atoms with Crippen LogP contribution in [0.5, 0.6) is 0 Å². The van der Waals surface area contributed by atoms with Crippen LogP contribution in [0.1, 0.15) is 5.56 Å². The average Bonchev–Trinajstić information content (AvgIpc) is 1.89. The summed E-state index contributed by atoms with van der Waals surface area (Å²) in [5.74, 6) is 0. The Morgan fingerprint density at radius 1 is 1.33 bits per heavy atom. The molecule has 0 amide bonds. The van der Waals surface area contributed by atoms with E-state index < -0.39 is 0 Å². The molecule has 2 heteroatoms. The molecule has 0 bridgehead atoms. The molecule has 1 rings (SSSR count). The SMILES string of the molecule is Clc1ccccc1[CH]Br. The Kier molecular flexibility index (Phi) is 2.55. The van der Waals surface area contributed by atoms with Gasteiger partial charge in [-0.1, -0.05) is 45.7 Å². The summed E-state index contributed by atoms with van der Waals surface area (Å²) in [4.78, 5) is 0. The molecule has 0 aliphatic carbocycles. The van der Waals surface area contributed by atoms with Crippen molar-refractivity contribution in [1.82, 2.24) is 0 Å². The molecule has 0 fully saturated rings. The van der Waals surface area contributed by atoms with Crippen molar-refractivity contribution in [1.29, 1.82) is 0 Å². The van der Waals surface area contributed by atoms with Crippen LogP contribution in [0.2, 0.25) is 5.02 Å². The summed E-state index contributed by atoms with van der Waals surface area (Å²) in [5, 5.41) is 2.57. The molecule has 0 atom stereocenters. The van der Waals surface area contributed by atoms with Gasteiger partial charge in [0.1, 0.15) is 0 Å². The quantitative estimate of drug-likeness (QED) is 0.659. The van der Waals surface area contributed by atoms with Gasteiger partial charge in [0.15, 0.2) is 0 Å². The van der Waals surface area contributed by atoms with Crippen LogP contribution in [-0.4, -0.2) is 0 Å². The van der Waals surface area contributed by atoms with E-state index in [2.05, 4.69) is 15.9 Å². The Hall–Kier alpha value is -0.0100. The van der Waals surface area contributed by atoms with E-state index in [9.17, 15) is 0 Å². The van der Waals surface area contributed by atoms with Crippen molar-refractivity contribution < 1.29 is 0 Å². The van der Waals surface area contributed by atoms with Crippen molar-refractivity contribution in [3.05, 3.63) is 40.2 Å². The van der Waals surface area contributed by atoms with Crippen LogP contribution in [0.25, 0.3) is 0 Å². The summed E-state index contributed by atoms with van der Waals surface area (Å²) in [7, 11) is 0. The predicted molar refractivity (Wildman–Crippen MR) is 43.8 cm³/mol. The summed E-state index contributed by atoms with van der Waals surface area (Å²) >= 11 is 8.96. The van der Waals surface area contributed by atoms with Gasteiger partial charge < -0.3 is 0 Å². The van der Waals surface area contributed by atoms with Crippen molar-refractivity contribution in [2.24, 2.45) is 0 Å². The summed E-state index contributed by atoms with van der Waals surface area (Å²) in [5.41, 5.74) is 1.01. The molecule has 1 aromatic carbocycles. The Morgan fingerprint density at radius 3 is 2.44 bits per heavy atom. The maximum absolute atomic E-state index is 5.76. The highest BCUT2D eigenvalue weighted by Gasteiger charge is 1.93. The van der Waals surface area contributed by atoms with E-state index in [1.807, 2.05) is 24.3 Å². The Morgan fingerprint density at radius 2 is 2.00 bits per heavy atom. The first-order chi connectivity index (χ1) is 4.34. The van der Waals surface area contributed by atoms with Crippen LogP contribution in [0, 0.1) is 5.33 Å². The van der Waals surface area contributed by atoms with E-state index in [1.54, 1.807) is 5.33 Å². The molecule has 0 spiro atoms. The van der Waals surface area contributed by atoms with Gasteiger partial charge in [-0.15, -0.1) is 0 Å². The van der Waals surface area contributed by atoms with Crippen LogP contribution < -0.4 is 0 Å². The monoisotopic (exact) mass is 203 g/mol. The second kappa shape index (κ2) is 3.23. The van der Waals surface area contributed by atoms with Crippen LogP contribution in [0.4, 0.5) is 0 Å². The molecule has 0 N–H and O–H groups in total. The number of hydrogen-bond donors (Lipinski definition) is 0. The van der Waals surface area contributed by atoms with Crippen molar-refractivity contribution in [2.75, 3.05) is 0 Å². The lowest BCUT2D eigenvalue weighted by molar-refractivity contribution is 1.60. The minimum atomic E-state index is 0.773. The summed E-state index contributed by atoms with van der Waals surface area (Å²) < 4.78 is 0. The topological polar surface area (TPSA) is 0 Å². The van der Waals surface area contributed by atoms with E-state index in [-0.39, 0.29) is 0 Å². The fourth-order valence-corrected chi connectivity index (χ4v) is 1.28. The predicted octanol–water partition coefficient (Wildman–Crippen LogP) is 3.24. The summed E-state index contributed by atoms with van der Waals surface area (Å²) in [6.07, 6.45) is 0. The van der Waals surface area contributed by atoms with Crippen LogP contribution in [-0.2, 0) is 0 Å². The molecule has 0 aromatic heterocycles. The van der Waals surface area contributed by atoms with Crippen molar-refractivity contribution >= 4 is 27.5 Å². The van der Waals surface area contributed by atoms with Crippen molar-refractivity contribution in [2.45, 2.75) is 0 Å². The molecule has 0 aliphatic rings. The molecule has 0 saturated heterocycles. The first-order valence-electron chi connectivity index (χ1n) is 2.52. The largest absolute Gasteiger partial charge is 0.0840 e. The molecule has 9 heavy (non-hydrogen) atoms. The number of benzene rings is 1. The van der Waals surface area contributed by atoms with Gasteiger partial charge in [0.05, 0.1) is 5.33 Å². The molecule has 47 valence electrons. The third-order valence-corrected chi connectivity index (χ3v) is 1.86. The smallest absolute Gasteiger partial charge is 0.0576 e. The second-order valence-corrected chi connectivity index (χ2v) is 2.50. The van der Waals surface area contributed by atoms with Gasteiger partial charge in [0, 0.05) is 5.02 Å². The zero-order valence-corrected chi connectivity index (χ0v) is 6.98. The van der Waals surface area contributed by atoms with E-state index in [1.165, 1.54) is 0 Å². The third-order valence-electron chi connectivity index (χ3n) is 1.02. The maximum atomic E-state index is 5.76. The lowest BCUT2D eigenvalue weighted by Crippen LogP contribution is -1.73. The van der Waals surface area contributed by atoms with Crippen LogP contribution in [0.15, 0.2) is 24.3 Å². The van der Waals surface area contributed by atoms with Gasteiger partial charge in [-0.25, -0.2) is 0 Å². The van der Waals surface area contributed by atoms with Crippen molar-refractivity contribution in [3.63, 3.8) is 0 Å². The molecule has 0 aliphatic heterocycles. The third kappa shape index (κ3) is 1.70. The second-order valence-electron chi connectivity index (χ2n) is 1.63. The van der Waals surface area contributed by atoms with E-state index in [0.29, 0.717) is 0 Å². The molecular weight excluding hydrogens is 199 g/mol. The fourth-order valence-electron chi connectivity index (χ4n) is 0.564. The first-order valence-corrected chi connectivity index (χ1v) is 3.82. The van der Waals surface area contributed by atoms with Gasteiger partial charge in [-0.2, -0.15) is 0 Å². The number of rotatable bonds is 1.